The van der Waals surface area contributed by atoms with Gasteiger partial charge in [-0.15, -0.1) is 11.3 Å². The Kier molecular flexibility index (Phi) is 5.44. The van der Waals surface area contributed by atoms with Crippen molar-refractivity contribution in [1.29, 1.82) is 0 Å². The van der Waals surface area contributed by atoms with Crippen molar-refractivity contribution < 1.29 is 17.9 Å². The maximum atomic E-state index is 13.2. The molecule has 1 aromatic carbocycles. The standard InChI is InChI=1S/C20H24N2O4S2/c1-2-26-17-6-5-15-7-11-21(14-16(15)13-17)20(23)19-18(8-12-27-19)28(24,25)22-9-3-4-10-22/h5-6,8,12-13H,2-4,7,9-11,14H2,1H3. The second kappa shape index (κ2) is 7.85. The van der Waals surface area contributed by atoms with Crippen LogP contribution in [0.4, 0.5) is 0 Å². The number of carbonyl (C=O) groups excluding carboxylic acids is 1. The van der Waals surface area contributed by atoms with Crippen LogP contribution in [-0.4, -0.2) is 49.8 Å². The fourth-order valence-corrected chi connectivity index (χ4v) is 6.71. The number of hydrogen-bond acceptors (Lipinski definition) is 5. The van der Waals surface area contributed by atoms with Crippen molar-refractivity contribution in [3.63, 3.8) is 0 Å². The predicted molar refractivity (Wildman–Crippen MR) is 108 cm³/mol. The first-order valence-electron chi connectivity index (χ1n) is 9.62. The molecular formula is C20H24N2O4S2. The second-order valence-electron chi connectivity index (χ2n) is 7.07. The van der Waals surface area contributed by atoms with Crippen LogP contribution in [-0.2, 0) is 23.0 Å². The van der Waals surface area contributed by atoms with E-state index in [2.05, 4.69) is 6.07 Å². The second-order valence-corrected chi connectivity index (χ2v) is 9.89. The van der Waals surface area contributed by atoms with Gasteiger partial charge in [-0.1, -0.05) is 6.07 Å². The molecule has 1 aromatic heterocycles. The third-order valence-electron chi connectivity index (χ3n) is 5.29. The average Bonchev–Trinajstić information content (AvgIpc) is 3.39. The summed E-state index contributed by atoms with van der Waals surface area (Å²) in [5.41, 5.74) is 2.27. The van der Waals surface area contributed by atoms with Gasteiger partial charge in [0.1, 0.15) is 15.5 Å². The van der Waals surface area contributed by atoms with Crippen LogP contribution < -0.4 is 4.74 Å². The van der Waals surface area contributed by atoms with Gasteiger partial charge < -0.3 is 9.64 Å². The number of benzene rings is 1. The maximum Gasteiger partial charge on any atom is 0.265 e. The minimum atomic E-state index is -3.61. The van der Waals surface area contributed by atoms with Gasteiger partial charge in [-0.05, 0) is 60.9 Å². The van der Waals surface area contributed by atoms with Crippen LogP contribution in [0.25, 0.3) is 0 Å². The quantitative estimate of drug-likeness (QED) is 0.745. The molecule has 0 saturated carbocycles. The van der Waals surface area contributed by atoms with Gasteiger partial charge in [0, 0.05) is 26.2 Å². The highest BCUT2D eigenvalue weighted by molar-refractivity contribution is 7.89. The van der Waals surface area contributed by atoms with Crippen LogP contribution in [0.5, 0.6) is 5.75 Å². The number of sulfonamides is 1. The van der Waals surface area contributed by atoms with E-state index in [0.717, 1.165) is 30.6 Å². The molecule has 4 rings (SSSR count). The molecule has 1 saturated heterocycles. The summed E-state index contributed by atoms with van der Waals surface area (Å²) < 4.78 is 33.0. The van der Waals surface area contributed by atoms with Gasteiger partial charge in [0.05, 0.1) is 6.61 Å². The molecule has 2 aliphatic rings. The Labute approximate surface area is 169 Å². The number of ether oxygens (including phenoxy) is 1. The predicted octanol–water partition coefficient (Wildman–Crippen LogP) is 3.13. The van der Waals surface area contributed by atoms with Crippen molar-refractivity contribution in [3.05, 3.63) is 45.6 Å². The summed E-state index contributed by atoms with van der Waals surface area (Å²) >= 11 is 1.21. The Hall–Kier alpha value is -1.90. The van der Waals surface area contributed by atoms with Crippen LogP contribution >= 0.6 is 11.3 Å². The molecule has 1 amide bonds. The van der Waals surface area contributed by atoms with Gasteiger partial charge >= 0.3 is 0 Å². The van der Waals surface area contributed by atoms with Crippen LogP contribution in [0.2, 0.25) is 0 Å². The normalized spacial score (nSPS) is 17.5. The molecule has 0 aliphatic carbocycles. The Morgan fingerprint density at radius 3 is 2.68 bits per heavy atom. The molecule has 1 fully saturated rings. The molecule has 150 valence electrons. The van der Waals surface area contributed by atoms with E-state index < -0.39 is 10.0 Å². The molecule has 0 unspecified atom stereocenters. The summed E-state index contributed by atoms with van der Waals surface area (Å²) in [6.45, 7) is 4.64. The molecule has 0 bridgehead atoms. The topological polar surface area (TPSA) is 66.9 Å². The Morgan fingerprint density at radius 2 is 1.93 bits per heavy atom. The smallest absolute Gasteiger partial charge is 0.265 e. The van der Waals surface area contributed by atoms with Crippen molar-refractivity contribution in [3.8, 4) is 5.75 Å². The monoisotopic (exact) mass is 420 g/mol. The van der Waals surface area contributed by atoms with Crippen LogP contribution in [0.3, 0.4) is 0 Å². The molecule has 3 heterocycles. The number of amides is 1. The van der Waals surface area contributed by atoms with E-state index in [4.69, 9.17) is 4.74 Å². The van der Waals surface area contributed by atoms with Crippen LogP contribution in [0.15, 0.2) is 34.5 Å². The molecule has 6 nitrogen and oxygen atoms in total. The SMILES string of the molecule is CCOc1ccc2c(c1)CN(C(=O)c1sccc1S(=O)(=O)N1CCCC1)CC2. The molecule has 8 heteroatoms. The van der Waals surface area contributed by atoms with E-state index in [-0.39, 0.29) is 10.8 Å². The lowest BCUT2D eigenvalue weighted by molar-refractivity contribution is 0.0735. The first kappa shape index (κ1) is 19.4. The maximum absolute atomic E-state index is 13.2. The van der Waals surface area contributed by atoms with Gasteiger partial charge in [-0.3, -0.25) is 4.79 Å². The van der Waals surface area contributed by atoms with Crippen molar-refractivity contribution in [2.24, 2.45) is 0 Å². The summed E-state index contributed by atoms with van der Waals surface area (Å²) in [6, 6.07) is 7.56. The van der Waals surface area contributed by atoms with E-state index in [1.54, 1.807) is 16.3 Å². The first-order valence-corrected chi connectivity index (χ1v) is 11.9. The molecule has 2 aromatic rings. The lowest BCUT2D eigenvalue weighted by Crippen LogP contribution is -2.37. The highest BCUT2D eigenvalue weighted by atomic mass is 32.2. The zero-order valence-electron chi connectivity index (χ0n) is 15.9. The van der Waals surface area contributed by atoms with Gasteiger partial charge in [-0.25, -0.2) is 8.42 Å². The summed E-state index contributed by atoms with van der Waals surface area (Å²) in [6.07, 6.45) is 2.50. The van der Waals surface area contributed by atoms with E-state index in [1.165, 1.54) is 21.2 Å². The fraction of sp³-hybridized carbons (Fsp3) is 0.450. The Bertz CT molecular complexity index is 978. The Balaban J connectivity index is 1.58. The first-order chi connectivity index (χ1) is 13.5. The molecule has 2 aliphatic heterocycles. The van der Waals surface area contributed by atoms with Crippen molar-refractivity contribution >= 4 is 27.3 Å². The zero-order valence-corrected chi connectivity index (χ0v) is 17.5. The molecular weight excluding hydrogens is 396 g/mol. The van der Waals surface area contributed by atoms with Gasteiger partial charge in [0.15, 0.2) is 0 Å². The van der Waals surface area contributed by atoms with Crippen molar-refractivity contribution in [2.75, 3.05) is 26.2 Å². The van der Waals surface area contributed by atoms with E-state index in [9.17, 15) is 13.2 Å². The molecule has 0 radical (unpaired) electrons. The number of rotatable bonds is 5. The summed E-state index contributed by atoms with van der Waals surface area (Å²) in [5.74, 6) is 0.587. The number of hydrogen-bond donors (Lipinski definition) is 0. The third-order valence-corrected chi connectivity index (χ3v) is 8.27. The number of nitrogens with zero attached hydrogens (tertiary/aromatic N) is 2. The highest BCUT2D eigenvalue weighted by Crippen LogP contribution is 2.31. The average molecular weight is 421 g/mol. The summed E-state index contributed by atoms with van der Waals surface area (Å²) in [5, 5.41) is 1.70. The molecule has 0 atom stereocenters. The molecule has 0 spiro atoms. The van der Waals surface area contributed by atoms with Gasteiger partial charge in [0.2, 0.25) is 10.0 Å². The van der Waals surface area contributed by atoms with Crippen LogP contribution in [0.1, 0.15) is 40.6 Å². The largest absolute Gasteiger partial charge is 0.494 e. The van der Waals surface area contributed by atoms with Crippen molar-refractivity contribution in [2.45, 2.75) is 37.6 Å². The minimum Gasteiger partial charge on any atom is -0.494 e. The lowest BCUT2D eigenvalue weighted by Gasteiger charge is -2.29. The number of fused-ring (bicyclic) bond motifs is 1. The van der Waals surface area contributed by atoms with Gasteiger partial charge in [0.25, 0.3) is 5.91 Å². The fourth-order valence-electron chi connectivity index (χ4n) is 3.83. The summed E-state index contributed by atoms with van der Waals surface area (Å²) in [4.78, 5) is 15.4. The number of carbonyl (C=O) groups is 1. The van der Waals surface area contributed by atoms with E-state index in [1.807, 2.05) is 19.1 Å². The zero-order chi connectivity index (χ0) is 19.7. The third kappa shape index (κ3) is 3.56. The Morgan fingerprint density at radius 1 is 1.14 bits per heavy atom. The van der Waals surface area contributed by atoms with Crippen molar-refractivity contribution in [1.82, 2.24) is 9.21 Å². The van der Waals surface area contributed by atoms with E-state index >= 15 is 0 Å². The molecule has 0 N–H and O–H groups in total. The number of thiophene rings is 1. The lowest BCUT2D eigenvalue weighted by atomic mass is 9.99. The van der Waals surface area contributed by atoms with Gasteiger partial charge in [-0.2, -0.15) is 4.31 Å². The van der Waals surface area contributed by atoms with Crippen LogP contribution in [0, 0.1) is 0 Å². The van der Waals surface area contributed by atoms with E-state index in [0.29, 0.717) is 37.7 Å². The minimum absolute atomic E-state index is 0.151. The molecule has 28 heavy (non-hydrogen) atoms. The summed E-state index contributed by atoms with van der Waals surface area (Å²) in [7, 11) is -3.61. The highest BCUT2D eigenvalue weighted by Gasteiger charge is 2.33.